The Labute approximate surface area is 151 Å². The number of hydrogen-bond donors (Lipinski definition) is 2. The van der Waals surface area contributed by atoms with Gasteiger partial charge in [-0.2, -0.15) is 0 Å². The largest absolute Gasteiger partial charge is 0.495 e. The highest BCUT2D eigenvalue weighted by molar-refractivity contribution is 6.31. The van der Waals surface area contributed by atoms with E-state index in [4.69, 9.17) is 16.3 Å². The number of aryl methyl sites for hydroxylation is 1. The number of aromatic nitrogens is 1. The fourth-order valence-corrected chi connectivity index (χ4v) is 2.70. The number of hydrogen-bond acceptors (Lipinski definition) is 4. The Morgan fingerprint density at radius 3 is 2.80 bits per heavy atom. The fraction of sp³-hybridized carbons (Fsp3) is 0.158. The Hall–Kier alpha value is -2.79. The average Bonchev–Trinajstić information content (AvgIpc) is 2.62. The molecule has 6 heteroatoms. The smallest absolute Gasteiger partial charge is 0.243 e. The first-order valence-electron chi connectivity index (χ1n) is 7.80. The predicted octanol–water partition coefficient (Wildman–Crippen LogP) is 4.26. The summed E-state index contributed by atoms with van der Waals surface area (Å²) in [5.41, 5.74) is 3.10. The lowest BCUT2D eigenvalue weighted by Crippen LogP contribution is -2.22. The predicted molar refractivity (Wildman–Crippen MR) is 102 cm³/mol. The SMILES string of the molecule is COc1cc(Cl)c(C)cc1NC(=O)CNc1cccc2cccnc12. The first kappa shape index (κ1) is 17.0. The third-order valence-corrected chi connectivity index (χ3v) is 4.23. The van der Waals surface area contributed by atoms with Crippen LogP contribution in [-0.2, 0) is 4.79 Å². The molecule has 0 aliphatic rings. The van der Waals surface area contributed by atoms with Gasteiger partial charge in [0, 0.05) is 22.7 Å². The number of para-hydroxylation sites is 1. The number of pyridine rings is 1. The molecule has 2 aromatic carbocycles. The van der Waals surface area contributed by atoms with E-state index in [1.807, 2.05) is 37.3 Å². The monoisotopic (exact) mass is 355 g/mol. The molecule has 0 radical (unpaired) electrons. The topological polar surface area (TPSA) is 63.2 Å². The maximum atomic E-state index is 12.3. The van der Waals surface area contributed by atoms with E-state index in [9.17, 15) is 4.79 Å². The normalized spacial score (nSPS) is 10.5. The summed E-state index contributed by atoms with van der Waals surface area (Å²) in [7, 11) is 1.54. The van der Waals surface area contributed by atoms with Crippen molar-refractivity contribution in [3.8, 4) is 5.75 Å². The van der Waals surface area contributed by atoms with Gasteiger partial charge in [-0.05, 0) is 30.7 Å². The Kier molecular flexibility index (Phi) is 5.05. The molecule has 0 saturated heterocycles. The second kappa shape index (κ2) is 7.40. The molecule has 0 bridgehead atoms. The van der Waals surface area contributed by atoms with E-state index >= 15 is 0 Å². The number of rotatable bonds is 5. The average molecular weight is 356 g/mol. The van der Waals surface area contributed by atoms with Crippen LogP contribution in [-0.4, -0.2) is 24.5 Å². The zero-order chi connectivity index (χ0) is 17.8. The van der Waals surface area contributed by atoms with E-state index in [1.165, 1.54) is 7.11 Å². The molecule has 0 spiro atoms. The van der Waals surface area contributed by atoms with Gasteiger partial charge in [0.25, 0.3) is 0 Å². The maximum Gasteiger partial charge on any atom is 0.243 e. The Bertz CT molecular complexity index is 922. The zero-order valence-electron chi connectivity index (χ0n) is 14.0. The first-order chi connectivity index (χ1) is 12.1. The van der Waals surface area contributed by atoms with Crippen molar-refractivity contribution in [2.45, 2.75) is 6.92 Å². The number of carbonyl (C=O) groups excluding carboxylic acids is 1. The standard InChI is InChI=1S/C19H18ClN3O2/c1-12-9-16(17(25-2)10-14(12)20)23-18(24)11-22-15-7-3-5-13-6-4-8-21-19(13)15/h3-10,22H,11H2,1-2H3,(H,23,24). The van der Waals surface area contributed by atoms with Gasteiger partial charge in [0.05, 0.1) is 30.5 Å². The van der Waals surface area contributed by atoms with Gasteiger partial charge in [-0.15, -0.1) is 0 Å². The van der Waals surface area contributed by atoms with Gasteiger partial charge in [-0.3, -0.25) is 9.78 Å². The Balaban J connectivity index is 1.72. The summed E-state index contributed by atoms with van der Waals surface area (Å²) in [6.45, 7) is 1.98. The number of nitrogens with zero attached hydrogens (tertiary/aromatic N) is 1. The highest BCUT2D eigenvalue weighted by Gasteiger charge is 2.11. The highest BCUT2D eigenvalue weighted by atomic mass is 35.5. The van der Waals surface area contributed by atoms with Gasteiger partial charge in [0.15, 0.2) is 0 Å². The summed E-state index contributed by atoms with van der Waals surface area (Å²) >= 11 is 6.09. The van der Waals surface area contributed by atoms with Crippen LogP contribution in [0.3, 0.4) is 0 Å². The quantitative estimate of drug-likeness (QED) is 0.718. The zero-order valence-corrected chi connectivity index (χ0v) is 14.7. The van der Waals surface area contributed by atoms with E-state index in [1.54, 1.807) is 18.3 Å². The van der Waals surface area contributed by atoms with Crippen LogP contribution in [0.1, 0.15) is 5.56 Å². The second-order valence-corrected chi connectivity index (χ2v) is 5.99. The molecular weight excluding hydrogens is 338 g/mol. The summed E-state index contributed by atoms with van der Waals surface area (Å²) in [5.74, 6) is 0.337. The molecule has 0 atom stereocenters. The van der Waals surface area contributed by atoms with Crippen molar-refractivity contribution in [2.24, 2.45) is 0 Å². The van der Waals surface area contributed by atoms with Crippen LogP contribution in [0, 0.1) is 6.92 Å². The number of nitrogens with one attached hydrogen (secondary N) is 2. The number of anilines is 2. The number of fused-ring (bicyclic) bond motifs is 1. The van der Waals surface area contributed by atoms with Crippen LogP contribution in [0.4, 0.5) is 11.4 Å². The van der Waals surface area contributed by atoms with Crippen molar-refractivity contribution >= 4 is 39.8 Å². The summed E-state index contributed by atoms with van der Waals surface area (Å²) in [6.07, 6.45) is 1.73. The fourth-order valence-electron chi connectivity index (χ4n) is 2.55. The number of halogens is 1. The van der Waals surface area contributed by atoms with Crippen molar-refractivity contribution in [2.75, 3.05) is 24.3 Å². The van der Waals surface area contributed by atoms with Crippen molar-refractivity contribution < 1.29 is 9.53 Å². The molecule has 3 rings (SSSR count). The van der Waals surface area contributed by atoms with E-state index in [2.05, 4.69) is 15.6 Å². The molecule has 0 unspecified atom stereocenters. The van der Waals surface area contributed by atoms with Gasteiger partial charge < -0.3 is 15.4 Å². The molecular formula is C19H18ClN3O2. The molecule has 5 nitrogen and oxygen atoms in total. The third kappa shape index (κ3) is 3.83. The van der Waals surface area contributed by atoms with Gasteiger partial charge in [0.1, 0.15) is 5.75 Å². The number of carbonyl (C=O) groups is 1. The number of ether oxygens (including phenoxy) is 1. The molecule has 1 amide bonds. The second-order valence-electron chi connectivity index (χ2n) is 5.58. The Morgan fingerprint density at radius 2 is 2.00 bits per heavy atom. The molecule has 25 heavy (non-hydrogen) atoms. The maximum absolute atomic E-state index is 12.3. The minimum absolute atomic E-state index is 0.112. The molecule has 0 aliphatic heterocycles. The molecule has 2 N–H and O–H groups in total. The summed E-state index contributed by atoms with van der Waals surface area (Å²) in [6, 6.07) is 13.1. The molecule has 128 valence electrons. The van der Waals surface area contributed by atoms with Gasteiger partial charge in [-0.1, -0.05) is 29.8 Å². The Morgan fingerprint density at radius 1 is 1.20 bits per heavy atom. The third-order valence-electron chi connectivity index (χ3n) is 3.83. The lowest BCUT2D eigenvalue weighted by molar-refractivity contribution is -0.114. The van der Waals surface area contributed by atoms with Crippen LogP contribution < -0.4 is 15.4 Å². The summed E-state index contributed by atoms with van der Waals surface area (Å²) < 4.78 is 5.27. The molecule has 0 fully saturated rings. The highest BCUT2D eigenvalue weighted by Crippen LogP contribution is 2.31. The van der Waals surface area contributed by atoms with Crippen molar-refractivity contribution in [1.82, 2.24) is 4.98 Å². The lowest BCUT2D eigenvalue weighted by atomic mass is 10.2. The van der Waals surface area contributed by atoms with Crippen LogP contribution in [0.15, 0.2) is 48.7 Å². The van der Waals surface area contributed by atoms with E-state index in [0.717, 1.165) is 22.2 Å². The van der Waals surface area contributed by atoms with Gasteiger partial charge in [0.2, 0.25) is 5.91 Å². The van der Waals surface area contributed by atoms with Crippen LogP contribution in [0.2, 0.25) is 5.02 Å². The van der Waals surface area contributed by atoms with Crippen molar-refractivity contribution in [3.63, 3.8) is 0 Å². The molecule has 1 aromatic heterocycles. The van der Waals surface area contributed by atoms with Crippen molar-refractivity contribution in [1.29, 1.82) is 0 Å². The minimum atomic E-state index is -0.187. The number of benzene rings is 2. The summed E-state index contributed by atoms with van der Waals surface area (Å²) in [4.78, 5) is 16.7. The van der Waals surface area contributed by atoms with E-state index in [-0.39, 0.29) is 12.5 Å². The van der Waals surface area contributed by atoms with E-state index < -0.39 is 0 Å². The molecule has 0 saturated carbocycles. The lowest BCUT2D eigenvalue weighted by Gasteiger charge is -2.13. The van der Waals surface area contributed by atoms with Crippen LogP contribution in [0.5, 0.6) is 5.75 Å². The molecule has 0 aliphatic carbocycles. The first-order valence-corrected chi connectivity index (χ1v) is 8.18. The molecule has 3 aromatic rings. The number of amides is 1. The summed E-state index contributed by atoms with van der Waals surface area (Å²) in [5, 5.41) is 7.58. The van der Waals surface area contributed by atoms with Gasteiger partial charge in [-0.25, -0.2) is 0 Å². The molecule has 1 heterocycles. The number of methoxy groups -OCH3 is 1. The minimum Gasteiger partial charge on any atom is -0.495 e. The van der Waals surface area contributed by atoms with Crippen LogP contribution in [0.25, 0.3) is 10.9 Å². The van der Waals surface area contributed by atoms with E-state index in [0.29, 0.717) is 16.5 Å². The van der Waals surface area contributed by atoms with Crippen molar-refractivity contribution in [3.05, 3.63) is 59.2 Å². The van der Waals surface area contributed by atoms with Gasteiger partial charge >= 0.3 is 0 Å². The van der Waals surface area contributed by atoms with Crippen LogP contribution >= 0.6 is 11.6 Å².